The van der Waals surface area contributed by atoms with Gasteiger partial charge in [0.25, 0.3) is 0 Å². The predicted molar refractivity (Wildman–Crippen MR) is 83.3 cm³/mol. The van der Waals surface area contributed by atoms with E-state index in [0.717, 1.165) is 19.4 Å². The molecule has 0 bridgehead atoms. The van der Waals surface area contributed by atoms with E-state index >= 15 is 0 Å². The van der Waals surface area contributed by atoms with Gasteiger partial charge in [-0.15, -0.1) is 0 Å². The van der Waals surface area contributed by atoms with Gasteiger partial charge in [0.2, 0.25) is 5.91 Å². The van der Waals surface area contributed by atoms with Gasteiger partial charge in [0, 0.05) is 18.0 Å². The Hall–Kier alpha value is -1.31. The summed E-state index contributed by atoms with van der Waals surface area (Å²) in [4.78, 5) is 14.9. The summed E-state index contributed by atoms with van der Waals surface area (Å²) in [5, 5.41) is 0. The lowest BCUT2D eigenvalue weighted by atomic mass is 9.87. The van der Waals surface area contributed by atoms with Crippen molar-refractivity contribution in [2.75, 3.05) is 0 Å². The number of hydrogen-bond donors (Lipinski definition) is 0. The zero-order chi connectivity index (χ0) is 14.6. The Morgan fingerprint density at radius 2 is 1.70 bits per heavy atom. The summed E-state index contributed by atoms with van der Waals surface area (Å²) >= 11 is 0. The van der Waals surface area contributed by atoms with Crippen molar-refractivity contribution in [2.24, 2.45) is 5.92 Å². The second kappa shape index (κ2) is 6.43. The minimum absolute atomic E-state index is 0.121. The van der Waals surface area contributed by atoms with Crippen LogP contribution in [0.1, 0.15) is 58.4 Å². The lowest BCUT2D eigenvalue weighted by Crippen LogP contribution is -2.48. The van der Waals surface area contributed by atoms with E-state index in [1.54, 1.807) is 0 Å². The van der Waals surface area contributed by atoms with Crippen LogP contribution in [0.3, 0.4) is 0 Å². The highest BCUT2D eigenvalue weighted by atomic mass is 16.2. The predicted octanol–water partition coefficient (Wildman–Crippen LogP) is 4.39. The average Bonchev–Trinajstić information content (AvgIpc) is 2.45. The number of carbonyl (C=O) groups is 1. The van der Waals surface area contributed by atoms with Gasteiger partial charge in [0.15, 0.2) is 0 Å². The molecule has 0 atom stereocenters. The van der Waals surface area contributed by atoms with Gasteiger partial charge < -0.3 is 4.90 Å². The molecule has 1 fully saturated rings. The Balaban J connectivity index is 2.13. The van der Waals surface area contributed by atoms with Gasteiger partial charge in [0.1, 0.15) is 0 Å². The highest BCUT2D eigenvalue weighted by molar-refractivity contribution is 5.79. The fourth-order valence-electron chi connectivity index (χ4n) is 2.98. The summed E-state index contributed by atoms with van der Waals surface area (Å²) in [6.45, 7) is 7.13. The highest BCUT2D eigenvalue weighted by Crippen LogP contribution is 2.29. The standard InChI is InChI=1S/C18H27NO/c1-18(2,3)19(14-15-10-6-4-7-11-15)17(20)16-12-8-5-9-13-16/h4,6-7,10-11,16H,5,8-9,12-14H2,1-3H3. The van der Waals surface area contributed by atoms with Crippen LogP contribution in [0.4, 0.5) is 0 Å². The van der Waals surface area contributed by atoms with Crippen LogP contribution in [0.25, 0.3) is 0 Å². The van der Waals surface area contributed by atoms with Crippen molar-refractivity contribution < 1.29 is 4.79 Å². The largest absolute Gasteiger partial charge is 0.333 e. The van der Waals surface area contributed by atoms with E-state index in [1.807, 2.05) is 18.2 Å². The Kier molecular flexibility index (Phi) is 4.85. The van der Waals surface area contributed by atoms with Crippen LogP contribution >= 0.6 is 0 Å². The minimum Gasteiger partial charge on any atom is -0.333 e. The first-order chi connectivity index (χ1) is 9.48. The molecule has 110 valence electrons. The van der Waals surface area contributed by atoms with Gasteiger partial charge in [-0.25, -0.2) is 0 Å². The van der Waals surface area contributed by atoms with Gasteiger partial charge in [-0.1, -0.05) is 49.6 Å². The molecule has 1 aliphatic carbocycles. The van der Waals surface area contributed by atoms with Crippen molar-refractivity contribution in [3.8, 4) is 0 Å². The van der Waals surface area contributed by atoms with Crippen molar-refractivity contribution in [2.45, 2.75) is 65.0 Å². The molecule has 1 aromatic carbocycles. The summed E-state index contributed by atoms with van der Waals surface area (Å²) < 4.78 is 0. The van der Waals surface area contributed by atoms with Crippen molar-refractivity contribution in [3.63, 3.8) is 0 Å². The fraction of sp³-hybridized carbons (Fsp3) is 0.611. The van der Waals surface area contributed by atoms with Gasteiger partial charge >= 0.3 is 0 Å². The van der Waals surface area contributed by atoms with E-state index in [0.29, 0.717) is 5.91 Å². The third kappa shape index (κ3) is 3.84. The summed E-state index contributed by atoms with van der Waals surface area (Å²) in [7, 11) is 0. The van der Waals surface area contributed by atoms with E-state index in [4.69, 9.17) is 0 Å². The van der Waals surface area contributed by atoms with Crippen LogP contribution in [-0.2, 0) is 11.3 Å². The Morgan fingerprint density at radius 1 is 1.10 bits per heavy atom. The van der Waals surface area contributed by atoms with Gasteiger partial charge in [-0.3, -0.25) is 4.79 Å². The monoisotopic (exact) mass is 273 g/mol. The van der Waals surface area contributed by atoms with Crippen LogP contribution in [0, 0.1) is 5.92 Å². The molecule has 0 N–H and O–H groups in total. The highest BCUT2D eigenvalue weighted by Gasteiger charge is 2.32. The van der Waals surface area contributed by atoms with Crippen LogP contribution in [0.2, 0.25) is 0 Å². The van der Waals surface area contributed by atoms with Crippen molar-refractivity contribution >= 4 is 5.91 Å². The normalized spacial score (nSPS) is 16.9. The molecule has 0 heterocycles. The molecule has 0 saturated heterocycles. The summed E-state index contributed by atoms with van der Waals surface area (Å²) in [6.07, 6.45) is 5.85. The second-order valence-electron chi connectivity index (χ2n) is 6.92. The third-order valence-electron chi connectivity index (χ3n) is 4.21. The lowest BCUT2D eigenvalue weighted by molar-refractivity contribution is -0.142. The zero-order valence-electron chi connectivity index (χ0n) is 13.1. The first-order valence-corrected chi connectivity index (χ1v) is 7.84. The van der Waals surface area contributed by atoms with E-state index in [9.17, 15) is 4.79 Å². The zero-order valence-corrected chi connectivity index (χ0v) is 13.1. The van der Waals surface area contributed by atoms with Gasteiger partial charge in [0.05, 0.1) is 0 Å². The Labute approximate surface area is 123 Å². The summed E-state index contributed by atoms with van der Waals surface area (Å²) in [6, 6.07) is 10.3. The molecule has 0 spiro atoms. The average molecular weight is 273 g/mol. The molecule has 0 aromatic heterocycles. The van der Waals surface area contributed by atoms with E-state index in [1.165, 1.54) is 24.8 Å². The van der Waals surface area contributed by atoms with E-state index in [2.05, 4.69) is 37.8 Å². The molecule has 20 heavy (non-hydrogen) atoms. The molecule has 2 heteroatoms. The first kappa shape index (κ1) is 15.1. The molecule has 0 unspecified atom stereocenters. The number of carbonyl (C=O) groups excluding carboxylic acids is 1. The lowest BCUT2D eigenvalue weighted by Gasteiger charge is -2.39. The van der Waals surface area contributed by atoms with E-state index < -0.39 is 0 Å². The molecular weight excluding hydrogens is 246 g/mol. The topological polar surface area (TPSA) is 20.3 Å². The molecule has 1 aromatic rings. The van der Waals surface area contributed by atoms with Crippen LogP contribution in [0.15, 0.2) is 30.3 Å². The number of rotatable bonds is 3. The third-order valence-corrected chi connectivity index (χ3v) is 4.21. The molecule has 1 aliphatic rings. The molecule has 2 rings (SSSR count). The number of benzene rings is 1. The smallest absolute Gasteiger partial charge is 0.226 e. The number of amides is 1. The first-order valence-electron chi connectivity index (χ1n) is 7.84. The van der Waals surface area contributed by atoms with Gasteiger partial charge in [-0.2, -0.15) is 0 Å². The molecular formula is C18H27NO. The number of hydrogen-bond acceptors (Lipinski definition) is 1. The SMILES string of the molecule is CC(C)(C)N(Cc1ccccc1)C(=O)C1CCCCC1. The second-order valence-corrected chi connectivity index (χ2v) is 6.92. The quantitative estimate of drug-likeness (QED) is 0.799. The molecule has 0 radical (unpaired) electrons. The van der Waals surface area contributed by atoms with Crippen LogP contribution < -0.4 is 0 Å². The summed E-state index contributed by atoms with van der Waals surface area (Å²) in [5.74, 6) is 0.591. The Bertz CT molecular complexity index is 426. The maximum atomic E-state index is 12.9. The Morgan fingerprint density at radius 3 is 2.25 bits per heavy atom. The fourth-order valence-corrected chi connectivity index (χ4v) is 2.98. The van der Waals surface area contributed by atoms with Crippen molar-refractivity contribution in [1.82, 2.24) is 4.90 Å². The van der Waals surface area contributed by atoms with Gasteiger partial charge in [-0.05, 0) is 39.2 Å². The molecule has 1 saturated carbocycles. The van der Waals surface area contributed by atoms with Crippen LogP contribution in [0.5, 0.6) is 0 Å². The molecule has 2 nitrogen and oxygen atoms in total. The maximum Gasteiger partial charge on any atom is 0.226 e. The number of nitrogens with zero attached hydrogens (tertiary/aromatic N) is 1. The minimum atomic E-state index is -0.121. The van der Waals surface area contributed by atoms with Crippen molar-refractivity contribution in [3.05, 3.63) is 35.9 Å². The van der Waals surface area contributed by atoms with E-state index in [-0.39, 0.29) is 11.5 Å². The molecule has 0 aliphatic heterocycles. The summed E-state index contributed by atoms with van der Waals surface area (Å²) in [5.41, 5.74) is 1.09. The maximum absolute atomic E-state index is 12.9. The molecule has 1 amide bonds. The van der Waals surface area contributed by atoms with Crippen molar-refractivity contribution in [1.29, 1.82) is 0 Å². The van der Waals surface area contributed by atoms with Crippen LogP contribution in [-0.4, -0.2) is 16.3 Å².